The molecule has 2 saturated heterocycles. The van der Waals surface area contributed by atoms with Crippen molar-refractivity contribution in [2.75, 3.05) is 26.2 Å². The van der Waals surface area contributed by atoms with Crippen LogP contribution >= 0.6 is 0 Å². The van der Waals surface area contributed by atoms with Crippen molar-refractivity contribution in [3.63, 3.8) is 0 Å². The minimum absolute atomic E-state index is 0.0485. The van der Waals surface area contributed by atoms with E-state index in [1.807, 2.05) is 35.2 Å². The van der Waals surface area contributed by atoms with Crippen LogP contribution in [0.15, 0.2) is 36.4 Å². The molecular weight excluding hydrogens is 264 g/mol. The molecule has 2 N–H and O–H groups in total. The predicted octanol–water partition coefficient (Wildman–Crippen LogP) is 1.84. The Morgan fingerprint density at radius 3 is 2.57 bits per heavy atom. The van der Waals surface area contributed by atoms with Gasteiger partial charge in [0.2, 0.25) is 0 Å². The van der Waals surface area contributed by atoms with E-state index in [4.69, 9.17) is 0 Å². The van der Waals surface area contributed by atoms with Gasteiger partial charge in [0.25, 0.3) is 5.91 Å². The first-order chi connectivity index (χ1) is 10.2. The van der Waals surface area contributed by atoms with Gasteiger partial charge in [0.15, 0.2) is 0 Å². The quantitative estimate of drug-likeness (QED) is 0.839. The summed E-state index contributed by atoms with van der Waals surface area (Å²) in [7, 11) is 0. The smallest absolute Gasteiger partial charge is 0.257 e. The van der Waals surface area contributed by atoms with Crippen LogP contribution in [0.3, 0.4) is 0 Å². The van der Waals surface area contributed by atoms with Crippen molar-refractivity contribution in [3.8, 4) is 5.75 Å². The molecule has 0 aromatic heterocycles. The molecule has 2 aromatic carbocycles. The van der Waals surface area contributed by atoms with Gasteiger partial charge < -0.3 is 15.3 Å². The number of phenolic OH excluding ortho intramolecular Hbond substituents is 1. The zero-order valence-corrected chi connectivity index (χ0v) is 11.7. The third-order valence-electron chi connectivity index (χ3n) is 4.81. The molecule has 2 heterocycles. The molecule has 4 nitrogen and oxygen atoms in total. The lowest BCUT2D eigenvalue weighted by Crippen LogP contribution is -2.31. The van der Waals surface area contributed by atoms with Crippen molar-refractivity contribution in [1.82, 2.24) is 10.2 Å². The zero-order chi connectivity index (χ0) is 14.4. The van der Waals surface area contributed by atoms with Crippen LogP contribution < -0.4 is 5.32 Å². The molecule has 2 fully saturated rings. The number of carbonyl (C=O) groups is 1. The van der Waals surface area contributed by atoms with Gasteiger partial charge in [-0.25, -0.2) is 0 Å². The summed E-state index contributed by atoms with van der Waals surface area (Å²) in [6.45, 7) is 3.59. The SMILES string of the molecule is O=C(c1ccc2ccccc2c1O)N1CC2CNCC2C1. The van der Waals surface area contributed by atoms with Crippen LogP contribution in [0.4, 0.5) is 0 Å². The van der Waals surface area contributed by atoms with Crippen LogP contribution in [0.5, 0.6) is 5.75 Å². The fourth-order valence-electron chi connectivity index (χ4n) is 3.62. The van der Waals surface area contributed by atoms with E-state index >= 15 is 0 Å². The van der Waals surface area contributed by atoms with E-state index in [1.165, 1.54) is 0 Å². The number of carbonyl (C=O) groups excluding carboxylic acids is 1. The number of fused-ring (bicyclic) bond motifs is 2. The molecular formula is C17H18N2O2. The highest BCUT2D eigenvalue weighted by Crippen LogP contribution is 2.32. The van der Waals surface area contributed by atoms with Gasteiger partial charge in [0.05, 0.1) is 5.56 Å². The Balaban J connectivity index is 1.67. The Morgan fingerprint density at radius 2 is 1.81 bits per heavy atom. The first-order valence-corrected chi connectivity index (χ1v) is 7.45. The minimum Gasteiger partial charge on any atom is -0.506 e. The van der Waals surface area contributed by atoms with Gasteiger partial charge in [-0.1, -0.05) is 30.3 Å². The molecule has 0 bridgehead atoms. The molecule has 0 spiro atoms. The molecule has 2 aliphatic heterocycles. The lowest BCUT2D eigenvalue weighted by atomic mass is 10.0. The third-order valence-corrected chi connectivity index (χ3v) is 4.81. The van der Waals surface area contributed by atoms with Gasteiger partial charge in [0.1, 0.15) is 5.75 Å². The Morgan fingerprint density at radius 1 is 1.10 bits per heavy atom. The van der Waals surface area contributed by atoms with Gasteiger partial charge in [-0.05, 0) is 23.3 Å². The van der Waals surface area contributed by atoms with Gasteiger partial charge in [-0.3, -0.25) is 4.79 Å². The van der Waals surface area contributed by atoms with Crippen LogP contribution in [0, 0.1) is 11.8 Å². The average Bonchev–Trinajstić information content (AvgIpc) is 3.08. The molecule has 0 aliphatic carbocycles. The summed E-state index contributed by atoms with van der Waals surface area (Å²) in [6.07, 6.45) is 0. The average molecular weight is 282 g/mol. The number of rotatable bonds is 1. The second-order valence-electron chi connectivity index (χ2n) is 6.07. The van der Waals surface area contributed by atoms with E-state index in [1.54, 1.807) is 6.07 Å². The van der Waals surface area contributed by atoms with Gasteiger partial charge in [0, 0.05) is 31.6 Å². The van der Waals surface area contributed by atoms with E-state index in [2.05, 4.69) is 5.32 Å². The van der Waals surface area contributed by atoms with E-state index in [0.29, 0.717) is 17.4 Å². The third kappa shape index (κ3) is 1.98. The molecule has 2 aromatic rings. The van der Waals surface area contributed by atoms with Crippen LogP contribution in [-0.4, -0.2) is 42.1 Å². The second-order valence-corrected chi connectivity index (χ2v) is 6.07. The standard InChI is InChI=1S/C17H18N2O2/c20-16-14-4-2-1-3-11(14)5-6-15(16)17(21)19-9-12-7-18-8-13(12)10-19/h1-6,12-13,18,20H,7-10H2. The highest BCUT2D eigenvalue weighted by Gasteiger charge is 2.38. The number of phenols is 1. The first kappa shape index (κ1) is 12.7. The lowest BCUT2D eigenvalue weighted by molar-refractivity contribution is 0.0779. The highest BCUT2D eigenvalue weighted by atomic mass is 16.3. The molecule has 1 amide bonds. The van der Waals surface area contributed by atoms with Crippen molar-refractivity contribution in [2.45, 2.75) is 0 Å². The summed E-state index contributed by atoms with van der Waals surface area (Å²) in [5.74, 6) is 1.19. The first-order valence-electron chi connectivity index (χ1n) is 7.45. The van der Waals surface area contributed by atoms with Gasteiger partial charge in [-0.15, -0.1) is 0 Å². The summed E-state index contributed by atoms with van der Waals surface area (Å²) in [6, 6.07) is 11.2. The van der Waals surface area contributed by atoms with E-state index < -0.39 is 0 Å². The molecule has 4 rings (SSSR count). The molecule has 2 unspecified atom stereocenters. The van der Waals surface area contributed by atoms with Crippen molar-refractivity contribution in [2.24, 2.45) is 11.8 Å². The summed E-state index contributed by atoms with van der Waals surface area (Å²) in [5.41, 5.74) is 0.418. The minimum atomic E-state index is -0.0485. The van der Waals surface area contributed by atoms with Gasteiger partial charge in [-0.2, -0.15) is 0 Å². The lowest BCUT2D eigenvalue weighted by Gasteiger charge is -2.18. The number of nitrogens with one attached hydrogen (secondary N) is 1. The fourth-order valence-corrected chi connectivity index (χ4v) is 3.62. The number of hydrogen-bond donors (Lipinski definition) is 2. The maximum absolute atomic E-state index is 12.7. The van der Waals surface area contributed by atoms with E-state index in [9.17, 15) is 9.90 Å². The number of hydrogen-bond acceptors (Lipinski definition) is 3. The molecule has 0 saturated carbocycles. The monoisotopic (exact) mass is 282 g/mol. The van der Waals surface area contributed by atoms with Crippen LogP contribution in [0.1, 0.15) is 10.4 Å². The van der Waals surface area contributed by atoms with Crippen molar-refractivity contribution in [1.29, 1.82) is 0 Å². The predicted molar refractivity (Wildman–Crippen MR) is 81.4 cm³/mol. The number of nitrogens with zero attached hydrogens (tertiary/aromatic N) is 1. The van der Waals surface area contributed by atoms with E-state index in [0.717, 1.165) is 37.0 Å². The Bertz CT molecular complexity index is 701. The maximum atomic E-state index is 12.7. The number of amides is 1. The largest absolute Gasteiger partial charge is 0.506 e. The van der Waals surface area contributed by atoms with Crippen LogP contribution in [0.25, 0.3) is 10.8 Å². The number of benzene rings is 2. The molecule has 2 atom stereocenters. The molecule has 21 heavy (non-hydrogen) atoms. The van der Waals surface area contributed by atoms with Crippen molar-refractivity contribution < 1.29 is 9.90 Å². The normalized spacial score (nSPS) is 24.5. The van der Waals surface area contributed by atoms with Crippen molar-refractivity contribution in [3.05, 3.63) is 42.0 Å². The summed E-state index contributed by atoms with van der Waals surface area (Å²) < 4.78 is 0. The number of likely N-dealkylation sites (tertiary alicyclic amines) is 1. The summed E-state index contributed by atoms with van der Waals surface area (Å²) >= 11 is 0. The molecule has 2 aliphatic rings. The van der Waals surface area contributed by atoms with Crippen LogP contribution in [-0.2, 0) is 0 Å². The Labute approximate surface area is 123 Å². The van der Waals surface area contributed by atoms with E-state index in [-0.39, 0.29) is 11.7 Å². The zero-order valence-electron chi connectivity index (χ0n) is 11.7. The molecule has 4 heteroatoms. The Hall–Kier alpha value is -2.07. The topological polar surface area (TPSA) is 52.6 Å². The maximum Gasteiger partial charge on any atom is 0.257 e. The molecule has 0 radical (unpaired) electrons. The number of aromatic hydroxyl groups is 1. The summed E-state index contributed by atoms with van der Waals surface area (Å²) in [4.78, 5) is 14.6. The van der Waals surface area contributed by atoms with Crippen LogP contribution in [0.2, 0.25) is 0 Å². The Kier molecular flexibility index (Phi) is 2.86. The second kappa shape index (κ2) is 4.74. The summed E-state index contributed by atoms with van der Waals surface area (Å²) in [5, 5.41) is 15.5. The molecule has 108 valence electrons. The highest BCUT2D eigenvalue weighted by molar-refractivity contribution is 6.03. The van der Waals surface area contributed by atoms with Gasteiger partial charge >= 0.3 is 0 Å². The fraction of sp³-hybridized carbons (Fsp3) is 0.353. The van der Waals surface area contributed by atoms with Crippen molar-refractivity contribution >= 4 is 16.7 Å².